The topological polar surface area (TPSA) is 50.8 Å². The lowest BCUT2D eigenvalue weighted by molar-refractivity contribution is 0.0852. The molecule has 114 valence electrons. The van der Waals surface area contributed by atoms with Crippen LogP contribution in [0.25, 0.3) is 0 Å². The quantitative estimate of drug-likeness (QED) is 0.929. The standard InChI is InChI=1S/C17H25N3O/c1-11-7-13(3)15(8-12(11)2)16-9-19-17(18)20(16)10-14-5-4-6-21-14/h7-8,14,16H,4-6,9-10H2,1-3H3,(H2,18,19). The first-order valence-corrected chi connectivity index (χ1v) is 7.82. The zero-order chi connectivity index (χ0) is 15.0. The summed E-state index contributed by atoms with van der Waals surface area (Å²) in [6.45, 7) is 9.00. The minimum atomic E-state index is 0.258. The first kappa shape index (κ1) is 14.4. The maximum atomic E-state index is 6.12. The van der Waals surface area contributed by atoms with E-state index in [2.05, 4.69) is 42.8 Å². The van der Waals surface area contributed by atoms with Gasteiger partial charge in [-0.25, -0.2) is 0 Å². The van der Waals surface area contributed by atoms with Gasteiger partial charge in [-0.2, -0.15) is 0 Å². The molecular weight excluding hydrogens is 262 g/mol. The summed E-state index contributed by atoms with van der Waals surface area (Å²) in [6, 6.07) is 4.82. The molecule has 0 aromatic heterocycles. The third kappa shape index (κ3) is 2.77. The van der Waals surface area contributed by atoms with Gasteiger partial charge in [0, 0.05) is 13.2 Å². The van der Waals surface area contributed by atoms with E-state index >= 15 is 0 Å². The summed E-state index contributed by atoms with van der Waals surface area (Å²) >= 11 is 0. The molecule has 2 N–H and O–H groups in total. The van der Waals surface area contributed by atoms with E-state index in [0.29, 0.717) is 12.1 Å². The molecule has 3 rings (SSSR count). The Morgan fingerprint density at radius 2 is 2.00 bits per heavy atom. The maximum absolute atomic E-state index is 6.12. The van der Waals surface area contributed by atoms with E-state index in [9.17, 15) is 0 Å². The van der Waals surface area contributed by atoms with Gasteiger partial charge in [0.15, 0.2) is 5.96 Å². The number of hydrogen-bond acceptors (Lipinski definition) is 4. The first-order valence-electron chi connectivity index (χ1n) is 7.82. The van der Waals surface area contributed by atoms with Gasteiger partial charge in [-0.1, -0.05) is 12.1 Å². The van der Waals surface area contributed by atoms with Crippen molar-refractivity contribution in [3.8, 4) is 0 Å². The van der Waals surface area contributed by atoms with Gasteiger partial charge in [0.2, 0.25) is 0 Å². The van der Waals surface area contributed by atoms with Gasteiger partial charge in [0.25, 0.3) is 0 Å². The molecule has 2 unspecified atom stereocenters. The largest absolute Gasteiger partial charge is 0.376 e. The number of benzene rings is 1. The molecule has 1 fully saturated rings. The molecule has 2 atom stereocenters. The van der Waals surface area contributed by atoms with Crippen LogP contribution in [-0.2, 0) is 4.74 Å². The average molecular weight is 287 g/mol. The number of guanidine groups is 1. The van der Waals surface area contributed by atoms with Gasteiger partial charge in [0.05, 0.1) is 18.7 Å². The number of aryl methyl sites for hydroxylation is 3. The van der Waals surface area contributed by atoms with Crippen molar-refractivity contribution in [3.05, 3.63) is 34.4 Å². The van der Waals surface area contributed by atoms with Crippen LogP contribution in [0.4, 0.5) is 0 Å². The molecule has 21 heavy (non-hydrogen) atoms. The van der Waals surface area contributed by atoms with E-state index in [4.69, 9.17) is 10.5 Å². The zero-order valence-electron chi connectivity index (χ0n) is 13.2. The summed E-state index contributed by atoms with van der Waals surface area (Å²) < 4.78 is 5.77. The van der Waals surface area contributed by atoms with E-state index in [1.807, 2.05) is 0 Å². The molecule has 1 aromatic rings. The van der Waals surface area contributed by atoms with Gasteiger partial charge >= 0.3 is 0 Å². The lowest BCUT2D eigenvalue weighted by Gasteiger charge is -2.30. The molecule has 0 saturated carbocycles. The van der Waals surface area contributed by atoms with Crippen molar-refractivity contribution in [1.82, 2.24) is 4.90 Å². The predicted octanol–water partition coefficient (Wildman–Crippen LogP) is 2.46. The van der Waals surface area contributed by atoms with Crippen LogP contribution in [0.15, 0.2) is 17.1 Å². The van der Waals surface area contributed by atoms with Gasteiger partial charge in [-0.3, -0.25) is 4.99 Å². The van der Waals surface area contributed by atoms with Crippen LogP contribution in [0.1, 0.15) is 41.1 Å². The number of ether oxygens (including phenoxy) is 1. The van der Waals surface area contributed by atoms with Crippen molar-refractivity contribution in [2.45, 2.75) is 45.8 Å². The molecule has 2 aliphatic rings. The van der Waals surface area contributed by atoms with E-state index < -0.39 is 0 Å². The summed E-state index contributed by atoms with van der Waals surface area (Å²) in [7, 11) is 0. The van der Waals surface area contributed by atoms with Crippen LogP contribution in [0.3, 0.4) is 0 Å². The monoisotopic (exact) mass is 287 g/mol. The summed E-state index contributed by atoms with van der Waals surface area (Å²) in [6.07, 6.45) is 2.58. The lowest BCUT2D eigenvalue weighted by atomic mass is 9.95. The normalized spacial score (nSPS) is 25.5. The van der Waals surface area contributed by atoms with Crippen molar-refractivity contribution in [2.24, 2.45) is 10.7 Å². The Morgan fingerprint density at radius 1 is 1.24 bits per heavy atom. The van der Waals surface area contributed by atoms with E-state index in [1.54, 1.807) is 0 Å². The molecule has 0 radical (unpaired) electrons. The summed E-state index contributed by atoms with van der Waals surface area (Å²) in [5.41, 5.74) is 11.5. The third-order valence-electron chi connectivity index (χ3n) is 4.76. The molecule has 4 nitrogen and oxygen atoms in total. The van der Waals surface area contributed by atoms with E-state index in [-0.39, 0.29) is 6.04 Å². The Kier molecular flexibility index (Phi) is 3.89. The minimum Gasteiger partial charge on any atom is -0.376 e. The molecule has 4 heteroatoms. The molecule has 0 bridgehead atoms. The highest BCUT2D eigenvalue weighted by Crippen LogP contribution is 2.31. The highest BCUT2D eigenvalue weighted by Gasteiger charge is 2.31. The van der Waals surface area contributed by atoms with Crippen LogP contribution in [-0.4, -0.2) is 36.7 Å². The zero-order valence-corrected chi connectivity index (χ0v) is 13.2. The second kappa shape index (κ2) is 5.68. The van der Waals surface area contributed by atoms with Gasteiger partial charge < -0.3 is 15.4 Å². The molecule has 1 saturated heterocycles. The Labute approximate surface area is 127 Å². The fourth-order valence-electron chi connectivity index (χ4n) is 3.37. The van der Waals surface area contributed by atoms with Gasteiger partial charge in [-0.05, 0) is 55.9 Å². The second-order valence-electron chi connectivity index (χ2n) is 6.30. The molecule has 0 amide bonds. The Bertz CT molecular complexity index is 561. The van der Waals surface area contributed by atoms with Crippen LogP contribution < -0.4 is 5.73 Å². The second-order valence-corrected chi connectivity index (χ2v) is 6.30. The Morgan fingerprint density at radius 3 is 2.71 bits per heavy atom. The lowest BCUT2D eigenvalue weighted by Crippen LogP contribution is -2.41. The summed E-state index contributed by atoms with van der Waals surface area (Å²) in [5, 5.41) is 0. The van der Waals surface area contributed by atoms with Crippen LogP contribution in [0.2, 0.25) is 0 Å². The van der Waals surface area contributed by atoms with Crippen LogP contribution in [0, 0.1) is 20.8 Å². The molecule has 0 aliphatic carbocycles. The highest BCUT2D eigenvalue weighted by atomic mass is 16.5. The van der Waals surface area contributed by atoms with Gasteiger partial charge in [0.1, 0.15) is 0 Å². The number of aliphatic imine (C=N–C) groups is 1. The van der Waals surface area contributed by atoms with Crippen LogP contribution >= 0.6 is 0 Å². The van der Waals surface area contributed by atoms with Gasteiger partial charge in [-0.15, -0.1) is 0 Å². The smallest absolute Gasteiger partial charge is 0.192 e. The molecule has 2 aliphatic heterocycles. The predicted molar refractivity (Wildman–Crippen MR) is 85.6 cm³/mol. The highest BCUT2D eigenvalue weighted by molar-refractivity contribution is 5.80. The summed E-state index contributed by atoms with van der Waals surface area (Å²) in [4.78, 5) is 6.70. The Hall–Kier alpha value is -1.55. The number of nitrogens with two attached hydrogens (primary N) is 1. The molecule has 0 spiro atoms. The third-order valence-corrected chi connectivity index (χ3v) is 4.76. The molecular formula is C17H25N3O. The fourth-order valence-corrected chi connectivity index (χ4v) is 3.37. The number of hydrogen-bond donors (Lipinski definition) is 1. The van der Waals surface area contributed by atoms with Crippen molar-refractivity contribution >= 4 is 5.96 Å². The first-order chi connectivity index (χ1) is 10.1. The van der Waals surface area contributed by atoms with Crippen molar-refractivity contribution in [3.63, 3.8) is 0 Å². The number of nitrogens with zero attached hydrogens (tertiary/aromatic N) is 2. The SMILES string of the molecule is Cc1cc(C)c(C2CN=C(N)N2CC2CCCO2)cc1C. The van der Waals surface area contributed by atoms with E-state index in [1.165, 1.54) is 22.3 Å². The molecule has 2 heterocycles. The van der Waals surface area contributed by atoms with Crippen molar-refractivity contribution < 1.29 is 4.74 Å². The van der Waals surface area contributed by atoms with Crippen LogP contribution in [0.5, 0.6) is 0 Å². The Balaban J connectivity index is 1.85. The minimum absolute atomic E-state index is 0.258. The van der Waals surface area contributed by atoms with Crippen molar-refractivity contribution in [2.75, 3.05) is 19.7 Å². The maximum Gasteiger partial charge on any atom is 0.192 e. The summed E-state index contributed by atoms with van der Waals surface area (Å²) in [5.74, 6) is 0.660. The van der Waals surface area contributed by atoms with Crippen molar-refractivity contribution in [1.29, 1.82) is 0 Å². The average Bonchev–Trinajstić information content (AvgIpc) is 3.06. The fraction of sp³-hybridized carbons (Fsp3) is 0.588. The molecule has 1 aromatic carbocycles. The van der Waals surface area contributed by atoms with E-state index in [0.717, 1.165) is 32.5 Å². The number of rotatable bonds is 3.